The van der Waals surface area contributed by atoms with Crippen LogP contribution in [-0.2, 0) is 6.54 Å². The van der Waals surface area contributed by atoms with Gasteiger partial charge in [0.25, 0.3) is 0 Å². The molecule has 1 atom stereocenters. The molecule has 5 nitrogen and oxygen atoms in total. The molecule has 4 rings (SSSR count). The maximum Gasteiger partial charge on any atom is 0.336 e. The van der Waals surface area contributed by atoms with E-state index in [1.54, 1.807) is 19.2 Å². The van der Waals surface area contributed by atoms with E-state index in [-0.39, 0.29) is 11.8 Å². The van der Waals surface area contributed by atoms with E-state index >= 15 is 0 Å². The predicted molar refractivity (Wildman–Crippen MR) is 111 cm³/mol. The number of hydrogen-bond acceptors (Lipinski definition) is 4. The van der Waals surface area contributed by atoms with Gasteiger partial charge >= 0.3 is 5.63 Å². The molecule has 0 aliphatic carbocycles. The van der Waals surface area contributed by atoms with Crippen molar-refractivity contribution in [3.63, 3.8) is 0 Å². The topological polar surface area (TPSA) is 76.3 Å². The summed E-state index contributed by atoms with van der Waals surface area (Å²) < 4.78 is 10.5. The van der Waals surface area contributed by atoms with E-state index in [0.29, 0.717) is 12.1 Å². The van der Waals surface area contributed by atoms with Crippen LogP contribution in [-0.4, -0.2) is 12.2 Å². The smallest absolute Gasteiger partial charge is 0.336 e. The molecule has 1 heterocycles. The Balaban J connectivity index is 1.68. The number of fused-ring (bicyclic) bond motifs is 1. The molecule has 0 saturated carbocycles. The van der Waals surface area contributed by atoms with Gasteiger partial charge in [-0.2, -0.15) is 0 Å². The van der Waals surface area contributed by atoms with Gasteiger partial charge in [-0.3, -0.25) is 0 Å². The zero-order valence-electron chi connectivity index (χ0n) is 16.0. The summed E-state index contributed by atoms with van der Waals surface area (Å²) in [4.78, 5) is 12.0. The summed E-state index contributed by atoms with van der Waals surface area (Å²) in [7, 11) is 1.65. The van der Waals surface area contributed by atoms with E-state index in [9.17, 15) is 9.90 Å². The summed E-state index contributed by atoms with van der Waals surface area (Å²) in [5.74, 6) is 0.884. The van der Waals surface area contributed by atoms with Crippen LogP contribution in [0.4, 0.5) is 0 Å². The van der Waals surface area contributed by atoms with Crippen molar-refractivity contribution in [1.29, 1.82) is 0 Å². The van der Waals surface area contributed by atoms with Crippen LogP contribution >= 0.6 is 0 Å². The molecule has 0 aliphatic rings. The number of methoxy groups -OCH3 is 1. The monoisotopic (exact) mass is 388 g/mol. The Hall–Kier alpha value is -3.57. The molecular weight excluding hydrogens is 366 g/mol. The van der Waals surface area contributed by atoms with E-state index in [4.69, 9.17) is 9.15 Å². The lowest BCUT2D eigenvalue weighted by atomic mass is 9.98. The number of nitrogens with two attached hydrogens (primary N) is 1. The van der Waals surface area contributed by atoms with Crippen LogP contribution in [0.3, 0.4) is 0 Å². The third-order valence-corrected chi connectivity index (χ3v) is 5.02. The third kappa shape index (κ3) is 4.15. The second kappa shape index (κ2) is 8.20. The van der Waals surface area contributed by atoms with Crippen molar-refractivity contribution >= 4 is 11.0 Å². The van der Waals surface area contributed by atoms with Gasteiger partial charge in [-0.1, -0.05) is 30.3 Å². The molecule has 0 bridgehead atoms. The molecule has 3 N–H and O–H groups in total. The van der Waals surface area contributed by atoms with E-state index in [1.165, 1.54) is 17.7 Å². The summed E-state index contributed by atoms with van der Waals surface area (Å²) in [6.07, 6.45) is 0. The van der Waals surface area contributed by atoms with E-state index < -0.39 is 5.63 Å². The van der Waals surface area contributed by atoms with Gasteiger partial charge in [-0.05, 0) is 36.4 Å². The molecule has 0 fully saturated rings. The van der Waals surface area contributed by atoms with Crippen LogP contribution in [0, 0.1) is 0 Å². The van der Waals surface area contributed by atoms with Gasteiger partial charge in [0.2, 0.25) is 0 Å². The van der Waals surface area contributed by atoms with Crippen molar-refractivity contribution < 1.29 is 19.6 Å². The highest BCUT2D eigenvalue weighted by Gasteiger charge is 2.18. The number of quaternary nitrogens is 1. The fourth-order valence-electron chi connectivity index (χ4n) is 3.57. The zero-order chi connectivity index (χ0) is 20.2. The summed E-state index contributed by atoms with van der Waals surface area (Å²) >= 11 is 0. The van der Waals surface area contributed by atoms with Crippen molar-refractivity contribution in [2.45, 2.75) is 12.6 Å². The Labute approximate surface area is 168 Å². The summed E-state index contributed by atoms with van der Waals surface area (Å²) in [6, 6.07) is 24.7. The van der Waals surface area contributed by atoms with Crippen molar-refractivity contribution in [1.82, 2.24) is 0 Å². The average molecular weight is 388 g/mol. The molecule has 146 valence electrons. The van der Waals surface area contributed by atoms with Crippen LogP contribution in [0.1, 0.15) is 22.7 Å². The average Bonchev–Trinajstić information content (AvgIpc) is 2.74. The molecule has 0 aliphatic heterocycles. The van der Waals surface area contributed by atoms with Crippen LogP contribution in [0.5, 0.6) is 11.5 Å². The van der Waals surface area contributed by atoms with Crippen molar-refractivity contribution in [3.05, 3.63) is 106 Å². The number of rotatable bonds is 6. The second-order valence-electron chi connectivity index (χ2n) is 6.87. The van der Waals surface area contributed by atoms with Crippen molar-refractivity contribution in [2.24, 2.45) is 0 Å². The zero-order valence-corrected chi connectivity index (χ0v) is 16.0. The Morgan fingerprint density at radius 1 is 0.966 bits per heavy atom. The molecule has 4 aromatic rings. The SMILES string of the molecule is COc1ccc([C@@H]([NH2+]Cc2cc(=O)oc3cc(O)ccc23)c2ccccc2)cc1. The standard InChI is InChI=1S/C24H21NO4/c1-28-20-10-7-17(8-11-20)24(16-5-3-2-4-6-16)25-15-18-13-23(27)29-22-14-19(26)9-12-21(18)22/h2-14,24-26H,15H2,1H3/p+1/t24-/m0/s1. The molecule has 0 amide bonds. The first kappa shape index (κ1) is 18.8. The molecule has 3 aromatic carbocycles. The molecule has 0 radical (unpaired) electrons. The van der Waals surface area contributed by atoms with E-state index in [0.717, 1.165) is 22.3 Å². The number of hydrogen-bond donors (Lipinski definition) is 2. The largest absolute Gasteiger partial charge is 0.508 e. The number of aromatic hydroxyl groups is 1. The summed E-state index contributed by atoms with van der Waals surface area (Å²) in [5.41, 5.74) is 3.14. The Morgan fingerprint density at radius 2 is 1.69 bits per heavy atom. The van der Waals surface area contributed by atoms with Crippen molar-refractivity contribution in [2.75, 3.05) is 7.11 Å². The Morgan fingerprint density at radius 3 is 2.41 bits per heavy atom. The highest BCUT2D eigenvalue weighted by Crippen LogP contribution is 2.23. The summed E-state index contributed by atoms with van der Waals surface area (Å²) in [6.45, 7) is 0.582. The first-order valence-corrected chi connectivity index (χ1v) is 9.42. The molecule has 29 heavy (non-hydrogen) atoms. The highest BCUT2D eigenvalue weighted by molar-refractivity contribution is 5.81. The lowest BCUT2D eigenvalue weighted by molar-refractivity contribution is -0.702. The molecule has 1 aromatic heterocycles. The maximum atomic E-state index is 12.0. The quantitative estimate of drug-likeness (QED) is 0.497. The fourth-order valence-corrected chi connectivity index (χ4v) is 3.57. The van der Waals surface area contributed by atoms with E-state index in [2.05, 4.69) is 29.6 Å². The molecular formula is C24H22NO4+. The number of phenolic OH excluding ortho intramolecular Hbond substituents is 1. The summed E-state index contributed by atoms with van der Waals surface area (Å²) in [5, 5.41) is 12.7. The van der Waals surface area contributed by atoms with Crippen LogP contribution in [0.15, 0.2) is 88.1 Å². The fraction of sp³-hybridized carbons (Fsp3) is 0.125. The van der Waals surface area contributed by atoms with Gasteiger partial charge in [0.05, 0.1) is 7.11 Å². The molecule has 5 heteroatoms. The van der Waals surface area contributed by atoms with Crippen LogP contribution in [0.2, 0.25) is 0 Å². The van der Waals surface area contributed by atoms with Gasteiger partial charge in [0.1, 0.15) is 29.7 Å². The molecule has 0 saturated heterocycles. The first-order valence-electron chi connectivity index (χ1n) is 9.42. The third-order valence-electron chi connectivity index (χ3n) is 5.02. The first-order chi connectivity index (χ1) is 14.1. The Bertz CT molecular complexity index is 1170. The second-order valence-corrected chi connectivity index (χ2v) is 6.87. The highest BCUT2D eigenvalue weighted by atomic mass is 16.5. The molecule has 0 spiro atoms. The lowest BCUT2D eigenvalue weighted by Gasteiger charge is -2.17. The minimum absolute atomic E-state index is 0.0570. The molecule has 0 unspecified atom stereocenters. The van der Waals surface area contributed by atoms with Gasteiger partial charge in [0.15, 0.2) is 0 Å². The lowest BCUT2D eigenvalue weighted by Crippen LogP contribution is -2.84. The Kier molecular flexibility index (Phi) is 5.31. The normalized spacial score (nSPS) is 12.0. The minimum Gasteiger partial charge on any atom is -0.508 e. The minimum atomic E-state index is -0.424. The van der Waals surface area contributed by atoms with E-state index in [1.807, 2.05) is 30.3 Å². The number of phenols is 1. The van der Waals surface area contributed by atoms with Gasteiger partial charge < -0.3 is 19.6 Å². The van der Waals surface area contributed by atoms with Crippen LogP contribution < -0.4 is 15.7 Å². The predicted octanol–water partition coefficient (Wildman–Crippen LogP) is 3.36. The van der Waals surface area contributed by atoms with Gasteiger partial charge in [-0.25, -0.2) is 4.79 Å². The van der Waals surface area contributed by atoms with Crippen LogP contribution in [0.25, 0.3) is 11.0 Å². The van der Waals surface area contributed by atoms with Crippen molar-refractivity contribution in [3.8, 4) is 11.5 Å². The number of benzene rings is 3. The van der Waals surface area contributed by atoms with Gasteiger partial charge in [0, 0.05) is 34.2 Å². The maximum absolute atomic E-state index is 12.0. The number of ether oxygens (including phenoxy) is 1. The van der Waals surface area contributed by atoms with Gasteiger partial charge in [-0.15, -0.1) is 0 Å².